The van der Waals surface area contributed by atoms with Gasteiger partial charge in [-0.2, -0.15) is 0 Å². The molecule has 1 unspecified atom stereocenters. The number of hydrogen-bond acceptors (Lipinski definition) is 4. The molecule has 6 heteroatoms. The number of hydrogen-bond donors (Lipinski definition) is 2. The van der Waals surface area contributed by atoms with Crippen LogP contribution in [0.25, 0.3) is 0 Å². The van der Waals surface area contributed by atoms with Crippen LogP contribution in [0.15, 0.2) is 12.1 Å². The van der Waals surface area contributed by atoms with Gasteiger partial charge in [0.05, 0.1) is 6.54 Å². The van der Waals surface area contributed by atoms with Gasteiger partial charge in [0.2, 0.25) is 5.91 Å². The highest BCUT2D eigenvalue weighted by Gasteiger charge is 2.20. The van der Waals surface area contributed by atoms with Crippen LogP contribution in [0.5, 0.6) is 0 Å². The Kier molecular flexibility index (Phi) is 5.56. The van der Waals surface area contributed by atoms with Crippen molar-refractivity contribution in [3.8, 4) is 0 Å². The summed E-state index contributed by atoms with van der Waals surface area (Å²) in [6.45, 7) is 9.43. The van der Waals surface area contributed by atoms with E-state index < -0.39 is 17.7 Å². The molecule has 1 heterocycles. The molecule has 1 aromatic rings. The average molecular weight is 298 g/mol. The SMILES string of the molecule is Cc1ccc(CNC(=O)C(C)NC(=O)OC(C)(C)C)s1. The maximum atomic E-state index is 11.8. The van der Waals surface area contributed by atoms with Gasteiger partial charge in [-0.3, -0.25) is 4.79 Å². The van der Waals surface area contributed by atoms with Crippen molar-refractivity contribution < 1.29 is 14.3 Å². The summed E-state index contributed by atoms with van der Waals surface area (Å²) < 4.78 is 5.10. The molecule has 0 aliphatic carbocycles. The monoisotopic (exact) mass is 298 g/mol. The van der Waals surface area contributed by atoms with Crippen molar-refractivity contribution in [2.24, 2.45) is 0 Å². The van der Waals surface area contributed by atoms with Gasteiger partial charge < -0.3 is 15.4 Å². The molecule has 1 aromatic heterocycles. The van der Waals surface area contributed by atoms with E-state index in [0.717, 1.165) is 4.88 Å². The summed E-state index contributed by atoms with van der Waals surface area (Å²) in [5.74, 6) is -0.234. The number of ether oxygens (including phenoxy) is 1. The largest absolute Gasteiger partial charge is 0.444 e. The molecule has 112 valence electrons. The van der Waals surface area contributed by atoms with E-state index in [0.29, 0.717) is 6.54 Å². The van der Waals surface area contributed by atoms with Crippen LogP contribution >= 0.6 is 11.3 Å². The molecular formula is C14H22N2O3S. The second kappa shape index (κ2) is 6.74. The Morgan fingerprint density at radius 3 is 2.50 bits per heavy atom. The van der Waals surface area contributed by atoms with Crippen LogP contribution in [0.2, 0.25) is 0 Å². The Labute approximate surface area is 123 Å². The summed E-state index contributed by atoms with van der Waals surface area (Å²) >= 11 is 1.64. The third-order valence-electron chi connectivity index (χ3n) is 2.36. The number of carbonyl (C=O) groups is 2. The van der Waals surface area contributed by atoms with Crippen LogP contribution in [-0.2, 0) is 16.1 Å². The van der Waals surface area contributed by atoms with E-state index in [1.165, 1.54) is 4.88 Å². The lowest BCUT2D eigenvalue weighted by molar-refractivity contribution is -0.122. The lowest BCUT2D eigenvalue weighted by Gasteiger charge is -2.21. The number of carbonyl (C=O) groups excluding carboxylic acids is 2. The zero-order valence-corrected chi connectivity index (χ0v) is 13.4. The van der Waals surface area contributed by atoms with Gasteiger partial charge in [-0.1, -0.05) is 0 Å². The number of nitrogens with one attached hydrogen (secondary N) is 2. The van der Waals surface area contributed by atoms with Gasteiger partial charge in [0, 0.05) is 9.75 Å². The average Bonchev–Trinajstić information content (AvgIpc) is 2.69. The van der Waals surface area contributed by atoms with Crippen LogP contribution < -0.4 is 10.6 Å². The molecule has 1 rings (SSSR count). The molecule has 0 fully saturated rings. The fraction of sp³-hybridized carbons (Fsp3) is 0.571. The predicted molar refractivity (Wildman–Crippen MR) is 79.7 cm³/mol. The molecule has 0 bridgehead atoms. The number of alkyl carbamates (subject to hydrolysis) is 1. The quantitative estimate of drug-likeness (QED) is 0.898. The second-order valence-corrected chi connectivity index (χ2v) is 6.97. The van der Waals surface area contributed by atoms with E-state index in [2.05, 4.69) is 10.6 Å². The molecule has 0 aliphatic rings. The summed E-state index contributed by atoms with van der Waals surface area (Å²) in [4.78, 5) is 25.7. The third-order valence-corrected chi connectivity index (χ3v) is 3.36. The van der Waals surface area contributed by atoms with E-state index in [1.54, 1.807) is 39.0 Å². The summed E-state index contributed by atoms with van der Waals surface area (Å²) in [6, 6.07) is 3.35. The van der Waals surface area contributed by atoms with Crippen LogP contribution in [0.4, 0.5) is 4.79 Å². The van der Waals surface area contributed by atoms with E-state index in [1.807, 2.05) is 19.1 Å². The van der Waals surface area contributed by atoms with Gasteiger partial charge in [0.25, 0.3) is 0 Å². The van der Waals surface area contributed by atoms with Crippen molar-refractivity contribution in [1.82, 2.24) is 10.6 Å². The van der Waals surface area contributed by atoms with E-state index in [-0.39, 0.29) is 5.91 Å². The zero-order valence-electron chi connectivity index (χ0n) is 12.6. The van der Waals surface area contributed by atoms with Crippen LogP contribution in [0.3, 0.4) is 0 Å². The van der Waals surface area contributed by atoms with Crippen molar-refractivity contribution >= 4 is 23.3 Å². The summed E-state index contributed by atoms with van der Waals surface area (Å²) in [5.41, 5.74) is -0.575. The predicted octanol–water partition coefficient (Wildman–Crippen LogP) is 2.59. The van der Waals surface area contributed by atoms with Crippen LogP contribution in [-0.4, -0.2) is 23.6 Å². The van der Waals surface area contributed by atoms with Crippen LogP contribution in [0.1, 0.15) is 37.4 Å². The molecule has 0 aliphatic heterocycles. The second-order valence-electron chi connectivity index (χ2n) is 5.60. The minimum absolute atomic E-state index is 0.234. The Hall–Kier alpha value is -1.56. The molecule has 0 aromatic carbocycles. The van der Waals surface area contributed by atoms with Gasteiger partial charge in [0.1, 0.15) is 11.6 Å². The topological polar surface area (TPSA) is 67.4 Å². The minimum Gasteiger partial charge on any atom is -0.444 e. The molecule has 1 atom stereocenters. The lowest BCUT2D eigenvalue weighted by atomic mass is 10.2. The first-order valence-electron chi connectivity index (χ1n) is 6.50. The van der Waals surface area contributed by atoms with Crippen molar-refractivity contribution in [1.29, 1.82) is 0 Å². The van der Waals surface area contributed by atoms with Crippen molar-refractivity contribution in [2.45, 2.75) is 52.8 Å². The standard InChI is InChI=1S/C14H22N2O3S/c1-9-6-7-11(20-9)8-15-12(17)10(2)16-13(18)19-14(3,4)5/h6-7,10H,8H2,1-5H3,(H,15,17)(H,16,18). The summed E-state index contributed by atoms with van der Waals surface area (Å²) in [6.07, 6.45) is -0.591. The minimum atomic E-state index is -0.633. The van der Waals surface area contributed by atoms with Crippen molar-refractivity contribution in [3.05, 3.63) is 21.9 Å². The first kappa shape index (κ1) is 16.5. The van der Waals surface area contributed by atoms with Gasteiger partial charge >= 0.3 is 6.09 Å². The summed E-state index contributed by atoms with van der Waals surface area (Å²) in [7, 11) is 0. The number of amides is 2. The van der Waals surface area contributed by atoms with Crippen molar-refractivity contribution in [2.75, 3.05) is 0 Å². The molecule has 0 spiro atoms. The van der Waals surface area contributed by atoms with Gasteiger partial charge in [-0.25, -0.2) is 4.79 Å². The van der Waals surface area contributed by atoms with Gasteiger partial charge in [-0.15, -0.1) is 11.3 Å². The number of rotatable bonds is 4. The Bertz CT molecular complexity index is 477. The van der Waals surface area contributed by atoms with Gasteiger partial charge in [0.15, 0.2) is 0 Å². The van der Waals surface area contributed by atoms with Crippen molar-refractivity contribution in [3.63, 3.8) is 0 Å². The van der Waals surface area contributed by atoms with E-state index >= 15 is 0 Å². The molecule has 5 nitrogen and oxygen atoms in total. The molecule has 0 radical (unpaired) electrons. The van der Waals surface area contributed by atoms with Gasteiger partial charge in [-0.05, 0) is 46.8 Å². The first-order chi connectivity index (χ1) is 9.17. The molecule has 0 saturated carbocycles. The molecule has 0 saturated heterocycles. The number of thiophene rings is 1. The highest BCUT2D eigenvalue weighted by Crippen LogP contribution is 2.14. The number of aryl methyl sites for hydroxylation is 1. The van der Waals surface area contributed by atoms with Crippen LogP contribution in [0, 0.1) is 6.92 Å². The molecule has 2 amide bonds. The highest BCUT2D eigenvalue weighted by molar-refractivity contribution is 7.11. The molecule has 2 N–H and O–H groups in total. The maximum absolute atomic E-state index is 11.8. The first-order valence-corrected chi connectivity index (χ1v) is 7.31. The maximum Gasteiger partial charge on any atom is 0.408 e. The fourth-order valence-electron chi connectivity index (χ4n) is 1.46. The Morgan fingerprint density at radius 1 is 1.35 bits per heavy atom. The Balaban J connectivity index is 2.37. The summed E-state index contributed by atoms with van der Waals surface area (Å²) in [5, 5.41) is 5.29. The van der Waals surface area contributed by atoms with E-state index in [9.17, 15) is 9.59 Å². The van der Waals surface area contributed by atoms with E-state index in [4.69, 9.17) is 4.74 Å². The zero-order chi connectivity index (χ0) is 15.3. The fourth-order valence-corrected chi connectivity index (χ4v) is 2.29. The lowest BCUT2D eigenvalue weighted by Crippen LogP contribution is -2.46. The Morgan fingerprint density at radius 2 is 2.00 bits per heavy atom. The smallest absolute Gasteiger partial charge is 0.408 e. The molecule has 20 heavy (non-hydrogen) atoms. The molecular weight excluding hydrogens is 276 g/mol. The highest BCUT2D eigenvalue weighted by atomic mass is 32.1. The third kappa shape index (κ3) is 6.06. The normalized spacial score (nSPS) is 12.7.